The predicted molar refractivity (Wildman–Crippen MR) is 116 cm³/mol. The summed E-state index contributed by atoms with van der Waals surface area (Å²) in [5.74, 6) is -1.02. The Hall–Kier alpha value is -4.06. The van der Waals surface area contributed by atoms with E-state index in [1.54, 1.807) is 30.3 Å². The number of hydrazine groups is 1. The maximum atomic E-state index is 12.9. The molecular weight excluding hydrogens is 475 g/mol. The molecule has 0 aromatic heterocycles. The number of nitrogens with one attached hydrogen (secondary N) is 3. The molecule has 12 heteroatoms. The number of carbonyl (C=O) groups is 2. The van der Waals surface area contributed by atoms with Crippen molar-refractivity contribution in [2.45, 2.75) is 11.1 Å². The van der Waals surface area contributed by atoms with Gasteiger partial charge in [0.1, 0.15) is 5.75 Å². The van der Waals surface area contributed by atoms with Gasteiger partial charge in [-0.05, 0) is 48.5 Å². The lowest BCUT2D eigenvalue weighted by Crippen LogP contribution is -2.43. The molecule has 0 spiro atoms. The molecule has 0 unspecified atom stereocenters. The number of hydrogen-bond acceptors (Lipinski definition) is 5. The summed E-state index contributed by atoms with van der Waals surface area (Å²) in [6.07, 6.45) is -4.64. The second kappa shape index (κ2) is 10.3. The van der Waals surface area contributed by atoms with E-state index in [9.17, 15) is 31.2 Å². The van der Waals surface area contributed by atoms with Gasteiger partial charge in [-0.15, -0.1) is 0 Å². The van der Waals surface area contributed by atoms with Crippen molar-refractivity contribution in [3.8, 4) is 5.75 Å². The lowest BCUT2D eigenvalue weighted by molar-refractivity contribution is -0.137. The van der Waals surface area contributed by atoms with Gasteiger partial charge in [0, 0.05) is 11.3 Å². The van der Waals surface area contributed by atoms with Crippen molar-refractivity contribution >= 4 is 27.5 Å². The number of amides is 2. The summed E-state index contributed by atoms with van der Waals surface area (Å²) in [7, 11) is -4.31. The van der Waals surface area contributed by atoms with Crippen molar-refractivity contribution in [3.05, 3.63) is 90.0 Å². The van der Waals surface area contributed by atoms with Gasteiger partial charge in [0.15, 0.2) is 6.61 Å². The van der Waals surface area contributed by atoms with Gasteiger partial charge < -0.3 is 4.74 Å². The van der Waals surface area contributed by atoms with Crippen molar-refractivity contribution in [2.75, 3.05) is 11.3 Å². The number of alkyl halides is 3. The summed E-state index contributed by atoms with van der Waals surface area (Å²) in [5.41, 5.74) is 2.83. The van der Waals surface area contributed by atoms with Crippen molar-refractivity contribution < 1.29 is 35.9 Å². The van der Waals surface area contributed by atoms with E-state index in [1.165, 1.54) is 18.2 Å². The minimum atomic E-state index is -4.64. The highest BCUT2D eigenvalue weighted by Crippen LogP contribution is 2.31. The molecule has 3 aromatic carbocycles. The highest BCUT2D eigenvalue weighted by molar-refractivity contribution is 7.92. The molecule has 178 valence electrons. The Morgan fingerprint density at radius 2 is 1.56 bits per heavy atom. The van der Waals surface area contributed by atoms with Crippen LogP contribution in [0.2, 0.25) is 0 Å². The van der Waals surface area contributed by atoms with Crippen molar-refractivity contribution in [1.29, 1.82) is 0 Å². The molecule has 3 N–H and O–H groups in total. The number of ether oxygens (including phenoxy) is 1. The maximum Gasteiger partial charge on any atom is 0.416 e. The van der Waals surface area contributed by atoms with E-state index in [4.69, 9.17) is 4.74 Å². The third-order valence-electron chi connectivity index (χ3n) is 4.28. The van der Waals surface area contributed by atoms with Gasteiger partial charge in [-0.25, -0.2) is 8.42 Å². The average molecular weight is 493 g/mol. The third-order valence-corrected chi connectivity index (χ3v) is 5.66. The second-order valence-electron chi connectivity index (χ2n) is 6.82. The maximum absolute atomic E-state index is 12.9. The van der Waals surface area contributed by atoms with Crippen LogP contribution < -0.4 is 20.3 Å². The minimum Gasteiger partial charge on any atom is -0.484 e. The topological polar surface area (TPSA) is 114 Å². The molecule has 0 aliphatic heterocycles. The van der Waals surface area contributed by atoms with Gasteiger partial charge >= 0.3 is 6.18 Å². The average Bonchev–Trinajstić information content (AvgIpc) is 2.81. The van der Waals surface area contributed by atoms with E-state index >= 15 is 0 Å². The van der Waals surface area contributed by atoms with Crippen LogP contribution in [0.25, 0.3) is 0 Å². The molecule has 0 bridgehead atoms. The van der Waals surface area contributed by atoms with Crippen LogP contribution in [0.3, 0.4) is 0 Å². The van der Waals surface area contributed by atoms with Gasteiger partial charge in [-0.2, -0.15) is 13.2 Å². The van der Waals surface area contributed by atoms with E-state index in [2.05, 4.69) is 10.9 Å². The number of carbonyl (C=O) groups excluding carboxylic acids is 2. The van der Waals surface area contributed by atoms with E-state index in [0.29, 0.717) is 11.8 Å². The Kier molecular flexibility index (Phi) is 7.41. The zero-order valence-corrected chi connectivity index (χ0v) is 18.1. The highest BCUT2D eigenvalue weighted by Gasteiger charge is 2.30. The predicted octanol–water partition coefficient (Wildman–Crippen LogP) is 3.35. The number of benzene rings is 3. The molecule has 8 nitrogen and oxygen atoms in total. The van der Waals surface area contributed by atoms with Crippen LogP contribution in [-0.4, -0.2) is 26.8 Å². The molecule has 2 amide bonds. The first-order chi connectivity index (χ1) is 16.0. The van der Waals surface area contributed by atoms with Crippen LogP contribution in [0, 0.1) is 0 Å². The molecule has 34 heavy (non-hydrogen) atoms. The van der Waals surface area contributed by atoms with Gasteiger partial charge in [-0.1, -0.05) is 30.3 Å². The molecule has 3 rings (SSSR count). The van der Waals surface area contributed by atoms with E-state index in [0.717, 1.165) is 24.3 Å². The van der Waals surface area contributed by atoms with Gasteiger partial charge in [-0.3, -0.25) is 25.2 Å². The lowest BCUT2D eigenvalue weighted by Gasteiger charge is -2.12. The largest absolute Gasteiger partial charge is 0.484 e. The van der Waals surface area contributed by atoms with Gasteiger partial charge in [0.2, 0.25) is 0 Å². The number of sulfonamides is 1. The van der Waals surface area contributed by atoms with E-state index < -0.39 is 33.6 Å². The number of para-hydroxylation sites is 1. The molecular formula is C22H18F3N3O5S. The van der Waals surface area contributed by atoms with Gasteiger partial charge in [0.25, 0.3) is 21.8 Å². The van der Waals surface area contributed by atoms with Crippen LogP contribution in [0.1, 0.15) is 15.9 Å². The fraction of sp³-hybridized carbons (Fsp3) is 0.0909. The molecule has 0 fully saturated rings. The number of hydrogen-bond donors (Lipinski definition) is 3. The number of anilines is 1. The van der Waals surface area contributed by atoms with Crippen LogP contribution >= 0.6 is 0 Å². The normalized spacial score (nSPS) is 11.4. The van der Waals surface area contributed by atoms with Crippen LogP contribution in [0.15, 0.2) is 83.8 Å². The minimum absolute atomic E-state index is 0.115. The summed E-state index contributed by atoms with van der Waals surface area (Å²) < 4.78 is 71.1. The monoisotopic (exact) mass is 493 g/mol. The Bertz CT molecular complexity index is 1280. The molecule has 0 saturated heterocycles. The zero-order chi connectivity index (χ0) is 24.8. The van der Waals surface area contributed by atoms with E-state index in [1.807, 2.05) is 4.72 Å². The quantitative estimate of drug-likeness (QED) is 0.437. The summed E-state index contributed by atoms with van der Waals surface area (Å²) in [5, 5.41) is 0. The Labute approximate surface area is 192 Å². The molecule has 0 aliphatic carbocycles. The highest BCUT2D eigenvalue weighted by atomic mass is 32.2. The Morgan fingerprint density at radius 1 is 0.853 bits per heavy atom. The van der Waals surface area contributed by atoms with Crippen LogP contribution in [-0.2, 0) is 21.0 Å². The van der Waals surface area contributed by atoms with Crippen LogP contribution in [0.5, 0.6) is 5.75 Å². The first kappa shape index (κ1) is 24.6. The Morgan fingerprint density at radius 3 is 2.26 bits per heavy atom. The zero-order valence-electron chi connectivity index (χ0n) is 17.3. The fourth-order valence-corrected chi connectivity index (χ4v) is 3.77. The molecule has 3 aromatic rings. The first-order valence-corrected chi connectivity index (χ1v) is 11.1. The number of halogens is 3. The smallest absolute Gasteiger partial charge is 0.416 e. The summed E-state index contributed by atoms with van der Waals surface area (Å²) >= 11 is 0. The van der Waals surface area contributed by atoms with Gasteiger partial charge in [0.05, 0.1) is 10.5 Å². The van der Waals surface area contributed by atoms with Crippen molar-refractivity contribution in [3.63, 3.8) is 0 Å². The first-order valence-electron chi connectivity index (χ1n) is 9.62. The summed E-state index contributed by atoms with van der Waals surface area (Å²) in [6.45, 7) is -0.375. The molecule has 0 radical (unpaired) electrons. The summed E-state index contributed by atoms with van der Waals surface area (Å²) in [4.78, 5) is 23.8. The van der Waals surface area contributed by atoms with E-state index in [-0.39, 0.29) is 22.8 Å². The molecule has 0 atom stereocenters. The molecule has 0 aliphatic rings. The van der Waals surface area contributed by atoms with Crippen molar-refractivity contribution in [1.82, 2.24) is 10.9 Å². The Balaban J connectivity index is 1.63. The molecule has 0 heterocycles. The summed E-state index contributed by atoms with van der Waals surface area (Å²) in [6, 6.07) is 16.9. The number of rotatable bonds is 7. The fourth-order valence-electron chi connectivity index (χ4n) is 2.68. The van der Waals surface area contributed by atoms with Crippen molar-refractivity contribution in [2.24, 2.45) is 0 Å². The molecule has 0 saturated carbocycles. The lowest BCUT2D eigenvalue weighted by atomic mass is 10.2. The second-order valence-corrected chi connectivity index (χ2v) is 8.50. The van der Waals surface area contributed by atoms with Crippen LogP contribution in [0.4, 0.5) is 18.9 Å². The third kappa shape index (κ3) is 6.72. The standard InChI is InChI=1S/C22H18F3N3O5S/c23-22(24,25)16-7-5-8-17(13-16)28-34(31,32)19-11-4-6-15(12-19)21(30)27-26-20(29)14-33-18-9-2-1-3-10-18/h1-13,28H,14H2,(H,26,29)(H,27,30). The SMILES string of the molecule is O=C(COc1ccccc1)NNC(=O)c1cccc(S(=O)(=O)Nc2cccc(C(F)(F)F)c2)c1.